The van der Waals surface area contributed by atoms with Crippen LogP contribution in [0.4, 0.5) is 11.4 Å². The van der Waals surface area contributed by atoms with Gasteiger partial charge in [-0.1, -0.05) is 12.5 Å². The molecule has 0 aliphatic heterocycles. The molecule has 1 aromatic carbocycles. The van der Waals surface area contributed by atoms with Crippen LogP contribution in [0.5, 0.6) is 0 Å². The van der Waals surface area contributed by atoms with E-state index < -0.39 is 0 Å². The second kappa shape index (κ2) is 6.02. The largest absolute Gasteiger partial charge is 0.393 e. The van der Waals surface area contributed by atoms with Crippen molar-refractivity contribution < 1.29 is 10.0 Å². The Balaban J connectivity index is 2.02. The van der Waals surface area contributed by atoms with Gasteiger partial charge in [-0.05, 0) is 43.7 Å². The first-order valence-electron chi connectivity index (χ1n) is 6.73. The number of anilines is 1. The molecule has 2 N–H and O–H groups in total. The topological polar surface area (TPSA) is 75.4 Å². The Morgan fingerprint density at radius 1 is 1.47 bits per heavy atom. The number of nitrogens with one attached hydrogen (secondary N) is 1. The monoisotopic (exact) mass is 264 g/mol. The first kappa shape index (κ1) is 13.8. The minimum Gasteiger partial charge on any atom is -0.393 e. The number of hydrogen-bond donors (Lipinski definition) is 2. The van der Waals surface area contributed by atoms with Crippen molar-refractivity contribution >= 4 is 11.4 Å². The molecule has 0 saturated heterocycles. The summed E-state index contributed by atoms with van der Waals surface area (Å²) in [5, 5.41) is 23.8. The van der Waals surface area contributed by atoms with Crippen molar-refractivity contribution in [3.8, 4) is 0 Å². The molecule has 0 amide bonds. The van der Waals surface area contributed by atoms with Gasteiger partial charge in [-0.2, -0.15) is 0 Å². The fourth-order valence-electron chi connectivity index (χ4n) is 2.65. The van der Waals surface area contributed by atoms with Gasteiger partial charge in [-0.15, -0.1) is 0 Å². The average molecular weight is 264 g/mol. The summed E-state index contributed by atoms with van der Waals surface area (Å²) in [4.78, 5) is 10.6. The maximum absolute atomic E-state index is 11.0. The van der Waals surface area contributed by atoms with Gasteiger partial charge in [0.05, 0.1) is 11.0 Å². The van der Waals surface area contributed by atoms with Crippen molar-refractivity contribution in [2.75, 3.05) is 11.9 Å². The van der Waals surface area contributed by atoms with Crippen LogP contribution >= 0.6 is 0 Å². The molecule has 0 bridgehead atoms. The SMILES string of the molecule is Cc1ccc([N+](=O)[O-])c(NCC2CCCC(O)C2)c1. The van der Waals surface area contributed by atoms with Crippen LogP contribution < -0.4 is 5.32 Å². The summed E-state index contributed by atoms with van der Waals surface area (Å²) in [7, 11) is 0. The van der Waals surface area contributed by atoms with Gasteiger partial charge in [0.15, 0.2) is 0 Å². The van der Waals surface area contributed by atoms with Crippen molar-refractivity contribution in [2.45, 2.75) is 38.7 Å². The van der Waals surface area contributed by atoms with E-state index in [0.717, 1.165) is 31.2 Å². The molecule has 0 radical (unpaired) electrons. The summed E-state index contributed by atoms with van der Waals surface area (Å²) in [5.74, 6) is 0.392. The molecule has 104 valence electrons. The number of aryl methyl sites for hydroxylation is 1. The number of aliphatic hydroxyl groups is 1. The van der Waals surface area contributed by atoms with E-state index in [1.54, 1.807) is 12.1 Å². The third kappa shape index (κ3) is 3.67. The van der Waals surface area contributed by atoms with Gasteiger partial charge >= 0.3 is 0 Å². The number of nitrogens with zero attached hydrogens (tertiary/aromatic N) is 1. The fourth-order valence-corrected chi connectivity index (χ4v) is 2.65. The molecule has 1 fully saturated rings. The number of nitro benzene ring substituents is 1. The van der Waals surface area contributed by atoms with Crippen LogP contribution in [0.2, 0.25) is 0 Å². The first-order valence-corrected chi connectivity index (χ1v) is 6.73. The Labute approximate surface area is 112 Å². The number of nitro groups is 1. The molecule has 2 unspecified atom stereocenters. The van der Waals surface area contributed by atoms with Crippen LogP contribution in [0.3, 0.4) is 0 Å². The maximum atomic E-state index is 11.0. The van der Waals surface area contributed by atoms with E-state index in [1.807, 2.05) is 6.92 Å². The van der Waals surface area contributed by atoms with Crippen LogP contribution in [-0.2, 0) is 0 Å². The molecule has 1 aliphatic carbocycles. The van der Waals surface area contributed by atoms with Crippen molar-refractivity contribution in [3.05, 3.63) is 33.9 Å². The lowest BCUT2D eigenvalue weighted by molar-refractivity contribution is -0.384. The Morgan fingerprint density at radius 3 is 2.95 bits per heavy atom. The quantitative estimate of drug-likeness (QED) is 0.647. The van der Waals surface area contributed by atoms with Crippen LogP contribution in [0.15, 0.2) is 18.2 Å². The van der Waals surface area contributed by atoms with Crippen LogP contribution in [0.1, 0.15) is 31.2 Å². The van der Waals surface area contributed by atoms with Crippen LogP contribution in [0.25, 0.3) is 0 Å². The molecule has 1 saturated carbocycles. The number of aliphatic hydroxyl groups excluding tert-OH is 1. The third-order valence-electron chi connectivity index (χ3n) is 3.69. The predicted octanol–water partition coefficient (Wildman–Crippen LogP) is 2.87. The van der Waals surface area contributed by atoms with Gasteiger partial charge in [0.2, 0.25) is 0 Å². The van der Waals surface area contributed by atoms with Gasteiger partial charge in [-0.3, -0.25) is 10.1 Å². The molecule has 0 aromatic heterocycles. The fraction of sp³-hybridized carbons (Fsp3) is 0.571. The van der Waals surface area contributed by atoms with E-state index in [4.69, 9.17) is 0 Å². The highest BCUT2D eigenvalue weighted by Gasteiger charge is 2.21. The van der Waals surface area contributed by atoms with Gasteiger partial charge in [0.25, 0.3) is 5.69 Å². The lowest BCUT2D eigenvalue weighted by Gasteiger charge is -2.26. The van der Waals surface area contributed by atoms with Gasteiger partial charge in [0.1, 0.15) is 5.69 Å². The van der Waals surface area contributed by atoms with Crippen molar-refractivity contribution in [1.29, 1.82) is 0 Å². The highest BCUT2D eigenvalue weighted by atomic mass is 16.6. The zero-order valence-corrected chi connectivity index (χ0v) is 11.1. The average Bonchev–Trinajstić information content (AvgIpc) is 2.36. The van der Waals surface area contributed by atoms with Crippen LogP contribution in [0, 0.1) is 23.0 Å². The zero-order chi connectivity index (χ0) is 13.8. The molecule has 2 rings (SSSR count). The Morgan fingerprint density at radius 2 is 2.26 bits per heavy atom. The van der Waals surface area contributed by atoms with Crippen LogP contribution in [-0.4, -0.2) is 22.7 Å². The molecule has 5 heteroatoms. The Hall–Kier alpha value is -1.62. The Bertz CT molecular complexity index is 462. The minimum atomic E-state index is -0.364. The molecular weight excluding hydrogens is 244 g/mol. The van der Waals surface area contributed by atoms with E-state index in [0.29, 0.717) is 18.2 Å². The van der Waals surface area contributed by atoms with E-state index >= 15 is 0 Å². The number of rotatable bonds is 4. The van der Waals surface area contributed by atoms with E-state index in [2.05, 4.69) is 5.32 Å². The van der Waals surface area contributed by atoms with Gasteiger partial charge in [-0.25, -0.2) is 0 Å². The molecule has 0 spiro atoms. The van der Waals surface area contributed by atoms with Crippen molar-refractivity contribution in [2.24, 2.45) is 5.92 Å². The third-order valence-corrected chi connectivity index (χ3v) is 3.69. The molecule has 0 heterocycles. The second-order valence-corrected chi connectivity index (χ2v) is 5.35. The van der Waals surface area contributed by atoms with Gasteiger partial charge < -0.3 is 10.4 Å². The predicted molar refractivity (Wildman–Crippen MR) is 74.3 cm³/mol. The van der Waals surface area contributed by atoms with Gasteiger partial charge in [0, 0.05) is 12.6 Å². The molecular formula is C14H20N2O3. The Kier molecular flexibility index (Phi) is 4.37. The lowest BCUT2D eigenvalue weighted by atomic mass is 9.87. The lowest BCUT2D eigenvalue weighted by Crippen LogP contribution is -2.25. The number of benzene rings is 1. The zero-order valence-electron chi connectivity index (χ0n) is 11.1. The summed E-state index contributed by atoms with van der Waals surface area (Å²) in [6.07, 6.45) is 3.55. The number of hydrogen-bond acceptors (Lipinski definition) is 4. The summed E-state index contributed by atoms with van der Waals surface area (Å²) in [6, 6.07) is 5.08. The van der Waals surface area contributed by atoms with E-state index in [-0.39, 0.29) is 16.7 Å². The molecule has 19 heavy (non-hydrogen) atoms. The van der Waals surface area contributed by atoms with Crippen molar-refractivity contribution in [3.63, 3.8) is 0 Å². The van der Waals surface area contributed by atoms with E-state index in [9.17, 15) is 15.2 Å². The normalized spacial score (nSPS) is 23.1. The maximum Gasteiger partial charge on any atom is 0.292 e. The van der Waals surface area contributed by atoms with E-state index in [1.165, 1.54) is 6.07 Å². The summed E-state index contributed by atoms with van der Waals surface area (Å²) in [6.45, 7) is 2.60. The smallest absolute Gasteiger partial charge is 0.292 e. The molecule has 5 nitrogen and oxygen atoms in total. The summed E-state index contributed by atoms with van der Waals surface area (Å²) < 4.78 is 0. The summed E-state index contributed by atoms with van der Waals surface area (Å²) in [5.41, 5.74) is 1.68. The van der Waals surface area contributed by atoms with Crippen molar-refractivity contribution in [1.82, 2.24) is 0 Å². The molecule has 1 aliphatic rings. The molecule has 2 atom stereocenters. The summed E-state index contributed by atoms with van der Waals surface area (Å²) >= 11 is 0. The molecule has 1 aromatic rings. The first-order chi connectivity index (χ1) is 9.06. The standard InChI is InChI=1S/C14H20N2O3/c1-10-5-6-14(16(18)19)13(7-10)15-9-11-3-2-4-12(17)8-11/h5-7,11-12,15,17H,2-4,8-9H2,1H3. The minimum absolute atomic E-state index is 0.113. The second-order valence-electron chi connectivity index (χ2n) is 5.35. The highest BCUT2D eigenvalue weighted by Crippen LogP contribution is 2.28. The highest BCUT2D eigenvalue weighted by molar-refractivity contribution is 5.62.